The SMILES string of the molecule is Cc1ccc2onc(CC(=O)Nc3ccc(C(N)=O)cc3)c2c1. The van der Waals surface area contributed by atoms with E-state index in [1.165, 1.54) is 0 Å². The molecule has 3 rings (SSSR count). The highest BCUT2D eigenvalue weighted by molar-refractivity contribution is 5.96. The van der Waals surface area contributed by atoms with Crippen molar-refractivity contribution in [1.29, 1.82) is 0 Å². The molecular weight excluding hydrogens is 294 g/mol. The van der Waals surface area contributed by atoms with Crippen LogP contribution in [0.2, 0.25) is 0 Å². The number of carbonyl (C=O) groups is 2. The lowest BCUT2D eigenvalue weighted by Gasteiger charge is -2.04. The summed E-state index contributed by atoms with van der Waals surface area (Å²) in [5, 5.41) is 7.55. The zero-order valence-corrected chi connectivity index (χ0v) is 12.5. The monoisotopic (exact) mass is 309 g/mol. The second-order valence-electron chi connectivity index (χ2n) is 5.30. The van der Waals surface area contributed by atoms with Gasteiger partial charge in [-0.1, -0.05) is 16.8 Å². The number of aromatic nitrogens is 1. The lowest BCUT2D eigenvalue weighted by Crippen LogP contribution is -2.15. The van der Waals surface area contributed by atoms with Gasteiger partial charge in [-0.3, -0.25) is 9.59 Å². The third kappa shape index (κ3) is 3.21. The maximum Gasteiger partial charge on any atom is 0.248 e. The molecule has 0 saturated carbocycles. The first-order valence-corrected chi connectivity index (χ1v) is 7.07. The van der Waals surface area contributed by atoms with Crippen molar-refractivity contribution in [1.82, 2.24) is 5.16 Å². The summed E-state index contributed by atoms with van der Waals surface area (Å²) in [6, 6.07) is 12.1. The van der Waals surface area contributed by atoms with Crippen LogP contribution in [0.4, 0.5) is 5.69 Å². The van der Waals surface area contributed by atoms with Crippen molar-refractivity contribution in [3.05, 3.63) is 59.3 Å². The maximum atomic E-state index is 12.1. The Hall–Kier alpha value is -3.15. The topological polar surface area (TPSA) is 98.2 Å². The number of amides is 2. The average Bonchev–Trinajstić information content (AvgIpc) is 2.90. The van der Waals surface area contributed by atoms with Crippen molar-refractivity contribution in [2.24, 2.45) is 5.73 Å². The van der Waals surface area contributed by atoms with E-state index < -0.39 is 5.91 Å². The Kier molecular flexibility index (Phi) is 3.80. The van der Waals surface area contributed by atoms with Gasteiger partial charge in [0.15, 0.2) is 5.58 Å². The summed E-state index contributed by atoms with van der Waals surface area (Å²) in [6.45, 7) is 1.97. The summed E-state index contributed by atoms with van der Waals surface area (Å²) in [5.74, 6) is -0.721. The summed E-state index contributed by atoms with van der Waals surface area (Å²) in [4.78, 5) is 23.2. The van der Waals surface area contributed by atoms with Crippen molar-refractivity contribution in [3.63, 3.8) is 0 Å². The van der Waals surface area contributed by atoms with Crippen LogP contribution in [0.15, 0.2) is 47.0 Å². The van der Waals surface area contributed by atoms with E-state index in [1.807, 2.05) is 25.1 Å². The minimum Gasteiger partial charge on any atom is -0.366 e. The van der Waals surface area contributed by atoms with Crippen LogP contribution in [-0.2, 0) is 11.2 Å². The average molecular weight is 309 g/mol. The third-order valence-electron chi connectivity index (χ3n) is 3.48. The van der Waals surface area contributed by atoms with Crippen molar-refractivity contribution < 1.29 is 14.1 Å². The van der Waals surface area contributed by atoms with Crippen molar-refractivity contribution in [3.8, 4) is 0 Å². The number of carbonyl (C=O) groups excluding carboxylic acids is 2. The predicted octanol–water partition coefficient (Wildman–Crippen LogP) is 2.42. The predicted molar refractivity (Wildman–Crippen MR) is 86.0 cm³/mol. The van der Waals surface area contributed by atoms with Gasteiger partial charge in [0.1, 0.15) is 5.69 Å². The molecule has 3 aromatic rings. The summed E-state index contributed by atoms with van der Waals surface area (Å²) in [5.41, 5.74) is 8.48. The molecule has 2 amide bonds. The fraction of sp³-hybridized carbons (Fsp3) is 0.118. The quantitative estimate of drug-likeness (QED) is 0.773. The van der Waals surface area contributed by atoms with Gasteiger partial charge >= 0.3 is 0 Å². The molecule has 0 saturated heterocycles. The van der Waals surface area contributed by atoms with Gasteiger partial charge in [-0.05, 0) is 43.3 Å². The van der Waals surface area contributed by atoms with Crippen molar-refractivity contribution in [2.75, 3.05) is 5.32 Å². The highest BCUT2D eigenvalue weighted by atomic mass is 16.5. The normalized spacial score (nSPS) is 10.7. The van der Waals surface area contributed by atoms with Crippen LogP contribution in [-0.4, -0.2) is 17.0 Å². The van der Waals surface area contributed by atoms with Gasteiger partial charge in [0.2, 0.25) is 11.8 Å². The molecule has 116 valence electrons. The second kappa shape index (κ2) is 5.92. The Morgan fingerprint density at radius 3 is 2.61 bits per heavy atom. The van der Waals surface area contributed by atoms with Gasteiger partial charge in [-0.25, -0.2) is 0 Å². The van der Waals surface area contributed by atoms with Gasteiger partial charge in [0.25, 0.3) is 0 Å². The summed E-state index contributed by atoms with van der Waals surface area (Å²) >= 11 is 0. The van der Waals surface area contributed by atoms with E-state index in [2.05, 4.69) is 10.5 Å². The van der Waals surface area contributed by atoms with Crippen LogP contribution in [0.1, 0.15) is 21.6 Å². The molecule has 0 unspecified atom stereocenters. The van der Waals surface area contributed by atoms with E-state index >= 15 is 0 Å². The highest BCUT2D eigenvalue weighted by Crippen LogP contribution is 2.20. The van der Waals surface area contributed by atoms with E-state index in [-0.39, 0.29) is 12.3 Å². The molecule has 1 heterocycles. The Labute approximate surface area is 132 Å². The first kappa shape index (κ1) is 14.8. The molecule has 2 aromatic carbocycles. The van der Waals surface area contributed by atoms with Gasteiger partial charge in [-0.2, -0.15) is 0 Å². The number of hydrogen-bond donors (Lipinski definition) is 2. The van der Waals surface area contributed by atoms with Gasteiger partial charge in [0, 0.05) is 16.6 Å². The third-order valence-corrected chi connectivity index (χ3v) is 3.48. The molecule has 0 aliphatic carbocycles. The number of benzene rings is 2. The molecule has 6 nitrogen and oxygen atoms in total. The van der Waals surface area contributed by atoms with Crippen LogP contribution in [0.25, 0.3) is 11.0 Å². The second-order valence-corrected chi connectivity index (χ2v) is 5.30. The maximum absolute atomic E-state index is 12.1. The molecular formula is C17H15N3O3. The van der Waals surface area contributed by atoms with Crippen LogP contribution in [0, 0.1) is 6.92 Å². The highest BCUT2D eigenvalue weighted by Gasteiger charge is 2.13. The van der Waals surface area contributed by atoms with Crippen LogP contribution in [0.3, 0.4) is 0 Å². The molecule has 6 heteroatoms. The number of rotatable bonds is 4. The fourth-order valence-corrected chi connectivity index (χ4v) is 2.30. The molecule has 0 atom stereocenters. The number of nitrogens with one attached hydrogen (secondary N) is 1. The first-order valence-electron chi connectivity index (χ1n) is 7.07. The Morgan fingerprint density at radius 1 is 1.17 bits per heavy atom. The number of fused-ring (bicyclic) bond motifs is 1. The van der Waals surface area contributed by atoms with Crippen molar-refractivity contribution in [2.45, 2.75) is 13.3 Å². The smallest absolute Gasteiger partial charge is 0.248 e. The van der Waals surface area contributed by atoms with E-state index in [4.69, 9.17) is 10.3 Å². The molecule has 0 aliphatic rings. The minimum absolute atomic E-state index is 0.105. The molecule has 23 heavy (non-hydrogen) atoms. The van der Waals surface area contributed by atoms with E-state index in [9.17, 15) is 9.59 Å². The minimum atomic E-state index is -0.507. The zero-order chi connectivity index (χ0) is 16.4. The van der Waals surface area contributed by atoms with Crippen molar-refractivity contribution >= 4 is 28.5 Å². The van der Waals surface area contributed by atoms with Crippen LogP contribution < -0.4 is 11.1 Å². The number of hydrogen-bond acceptors (Lipinski definition) is 4. The first-order chi connectivity index (χ1) is 11.0. The lowest BCUT2D eigenvalue weighted by molar-refractivity contribution is -0.115. The number of anilines is 1. The van der Waals surface area contributed by atoms with Gasteiger partial charge < -0.3 is 15.6 Å². The van der Waals surface area contributed by atoms with Gasteiger partial charge in [0.05, 0.1) is 6.42 Å². The molecule has 3 N–H and O–H groups in total. The number of nitrogens with zero attached hydrogens (tertiary/aromatic N) is 1. The Morgan fingerprint density at radius 2 is 1.91 bits per heavy atom. The summed E-state index contributed by atoms with van der Waals surface area (Å²) in [6.07, 6.45) is 0.105. The summed E-state index contributed by atoms with van der Waals surface area (Å²) in [7, 11) is 0. The summed E-state index contributed by atoms with van der Waals surface area (Å²) < 4.78 is 5.22. The molecule has 0 spiro atoms. The van der Waals surface area contributed by atoms with E-state index in [1.54, 1.807) is 24.3 Å². The van der Waals surface area contributed by atoms with E-state index in [0.29, 0.717) is 22.5 Å². The standard InChI is InChI=1S/C17H15N3O3/c1-10-2-7-15-13(8-10)14(20-23-15)9-16(21)19-12-5-3-11(4-6-12)17(18)22/h2-8H,9H2,1H3,(H2,18,22)(H,19,21). The molecule has 0 radical (unpaired) electrons. The molecule has 0 fully saturated rings. The molecule has 1 aromatic heterocycles. The molecule has 0 aliphatic heterocycles. The number of aryl methyl sites for hydroxylation is 1. The number of primary amides is 1. The van der Waals surface area contributed by atoms with Crippen LogP contribution in [0.5, 0.6) is 0 Å². The Bertz CT molecular complexity index is 882. The Balaban J connectivity index is 1.73. The van der Waals surface area contributed by atoms with Gasteiger partial charge in [-0.15, -0.1) is 0 Å². The largest absolute Gasteiger partial charge is 0.366 e. The fourth-order valence-electron chi connectivity index (χ4n) is 2.30. The lowest BCUT2D eigenvalue weighted by atomic mass is 10.1. The molecule has 0 bridgehead atoms. The van der Waals surface area contributed by atoms with E-state index in [0.717, 1.165) is 10.9 Å². The number of nitrogens with two attached hydrogens (primary N) is 1. The van der Waals surface area contributed by atoms with Crippen LogP contribution >= 0.6 is 0 Å². The zero-order valence-electron chi connectivity index (χ0n) is 12.5.